The van der Waals surface area contributed by atoms with Crippen LogP contribution in [0.15, 0.2) is 0 Å². The predicted molar refractivity (Wildman–Crippen MR) is 75.2 cm³/mol. The molecule has 0 bridgehead atoms. The zero-order valence-corrected chi connectivity index (χ0v) is 12.1. The first-order chi connectivity index (χ1) is 8.00. The largest absolute Gasteiger partial charge is 0.368 e. The molecule has 3 N–H and O–H groups in total. The minimum atomic E-state index is -0.426. The zero-order chi connectivity index (χ0) is 12.9. The fourth-order valence-electron chi connectivity index (χ4n) is 2.42. The first-order valence-electron chi connectivity index (χ1n) is 6.66. The molecule has 1 aliphatic carbocycles. The van der Waals surface area contributed by atoms with Crippen molar-refractivity contribution in [2.45, 2.75) is 57.2 Å². The molecule has 4 heteroatoms. The van der Waals surface area contributed by atoms with Gasteiger partial charge in [-0.2, -0.15) is 11.8 Å². The van der Waals surface area contributed by atoms with Gasteiger partial charge in [-0.05, 0) is 43.9 Å². The number of primary amides is 1. The molecule has 0 aliphatic heterocycles. The number of rotatable bonds is 7. The minimum Gasteiger partial charge on any atom is -0.368 e. The highest BCUT2D eigenvalue weighted by Crippen LogP contribution is 2.37. The second kappa shape index (κ2) is 6.64. The van der Waals surface area contributed by atoms with Crippen molar-refractivity contribution in [3.63, 3.8) is 0 Å². The molecule has 0 aromatic heterocycles. The Morgan fingerprint density at radius 3 is 2.82 bits per heavy atom. The molecular weight excluding hydrogens is 232 g/mol. The maximum absolute atomic E-state index is 11.6. The Morgan fingerprint density at radius 2 is 2.29 bits per heavy atom. The van der Waals surface area contributed by atoms with Crippen LogP contribution in [0.25, 0.3) is 0 Å². The van der Waals surface area contributed by atoms with E-state index in [9.17, 15) is 4.79 Å². The van der Waals surface area contributed by atoms with Gasteiger partial charge in [-0.25, -0.2) is 0 Å². The summed E-state index contributed by atoms with van der Waals surface area (Å²) in [4.78, 5) is 11.6. The molecular formula is C13H26N2OS. The SMILES string of the molecule is CCNC1(C(N)=O)CCC(SCCC(C)C)C1. The van der Waals surface area contributed by atoms with E-state index in [-0.39, 0.29) is 5.91 Å². The molecule has 1 fully saturated rings. The standard InChI is InChI=1S/C13H26N2OS/c1-4-15-13(12(14)16)7-5-11(9-13)17-8-6-10(2)3/h10-11,15H,4-9H2,1-3H3,(H2,14,16). The zero-order valence-electron chi connectivity index (χ0n) is 11.3. The number of nitrogens with two attached hydrogens (primary N) is 1. The Labute approximate surface area is 109 Å². The van der Waals surface area contributed by atoms with Crippen molar-refractivity contribution in [3.05, 3.63) is 0 Å². The molecule has 0 heterocycles. The van der Waals surface area contributed by atoms with Crippen LogP contribution in [0.2, 0.25) is 0 Å². The number of likely N-dealkylation sites (N-methyl/N-ethyl adjacent to an activating group) is 1. The summed E-state index contributed by atoms with van der Waals surface area (Å²) >= 11 is 2.01. The topological polar surface area (TPSA) is 55.1 Å². The van der Waals surface area contributed by atoms with Crippen molar-refractivity contribution in [1.82, 2.24) is 5.32 Å². The molecule has 0 spiro atoms. The lowest BCUT2D eigenvalue weighted by atomic mass is 9.97. The van der Waals surface area contributed by atoms with E-state index in [2.05, 4.69) is 19.2 Å². The Hall–Kier alpha value is -0.220. The molecule has 1 rings (SSSR count). The van der Waals surface area contributed by atoms with Crippen LogP contribution in [0.5, 0.6) is 0 Å². The second-order valence-corrected chi connectivity index (χ2v) is 6.80. The van der Waals surface area contributed by atoms with E-state index >= 15 is 0 Å². The lowest BCUT2D eigenvalue weighted by molar-refractivity contribution is -0.124. The average molecular weight is 258 g/mol. The van der Waals surface area contributed by atoms with Crippen LogP contribution < -0.4 is 11.1 Å². The molecule has 2 unspecified atom stereocenters. The van der Waals surface area contributed by atoms with Crippen LogP contribution in [-0.2, 0) is 4.79 Å². The highest BCUT2D eigenvalue weighted by molar-refractivity contribution is 7.99. The number of carbonyl (C=O) groups is 1. The van der Waals surface area contributed by atoms with Gasteiger partial charge in [0.1, 0.15) is 0 Å². The summed E-state index contributed by atoms with van der Waals surface area (Å²) in [5, 5.41) is 3.90. The highest BCUT2D eigenvalue weighted by atomic mass is 32.2. The molecule has 1 saturated carbocycles. The van der Waals surface area contributed by atoms with Crippen LogP contribution in [0.3, 0.4) is 0 Å². The lowest BCUT2D eigenvalue weighted by Crippen LogP contribution is -2.53. The first kappa shape index (κ1) is 14.8. The summed E-state index contributed by atoms with van der Waals surface area (Å²) in [5.41, 5.74) is 5.12. The van der Waals surface area contributed by atoms with Gasteiger partial charge in [0.25, 0.3) is 0 Å². The van der Waals surface area contributed by atoms with Crippen molar-refractivity contribution in [1.29, 1.82) is 0 Å². The summed E-state index contributed by atoms with van der Waals surface area (Å²) in [6.07, 6.45) is 4.17. The van der Waals surface area contributed by atoms with E-state index in [0.29, 0.717) is 5.25 Å². The fourth-order valence-corrected chi connectivity index (χ4v) is 4.05. The third-order valence-corrected chi connectivity index (χ3v) is 4.85. The van der Waals surface area contributed by atoms with Gasteiger partial charge in [-0.3, -0.25) is 4.79 Å². The molecule has 0 aromatic carbocycles. The van der Waals surface area contributed by atoms with Crippen LogP contribution in [0.1, 0.15) is 46.5 Å². The third-order valence-electron chi connectivity index (χ3n) is 3.50. The van der Waals surface area contributed by atoms with Crippen molar-refractivity contribution >= 4 is 17.7 Å². The molecule has 2 atom stereocenters. The lowest BCUT2D eigenvalue weighted by Gasteiger charge is -2.26. The normalized spacial score (nSPS) is 28.8. The summed E-state index contributed by atoms with van der Waals surface area (Å²) in [6, 6.07) is 0. The van der Waals surface area contributed by atoms with Crippen LogP contribution >= 0.6 is 11.8 Å². The summed E-state index contributed by atoms with van der Waals surface area (Å²) in [5.74, 6) is 1.79. The molecule has 1 amide bonds. The summed E-state index contributed by atoms with van der Waals surface area (Å²) in [7, 11) is 0. The molecule has 100 valence electrons. The Kier molecular flexibility index (Phi) is 5.80. The smallest absolute Gasteiger partial charge is 0.237 e. The average Bonchev–Trinajstić information content (AvgIpc) is 2.63. The van der Waals surface area contributed by atoms with Gasteiger partial charge >= 0.3 is 0 Å². The quantitative estimate of drug-likeness (QED) is 0.735. The first-order valence-corrected chi connectivity index (χ1v) is 7.71. The molecule has 1 aliphatic rings. The Morgan fingerprint density at radius 1 is 1.59 bits per heavy atom. The number of carbonyl (C=O) groups excluding carboxylic acids is 1. The molecule has 0 saturated heterocycles. The van der Waals surface area contributed by atoms with Gasteiger partial charge in [-0.1, -0.05) is 20.8 Å². The minimum absolute atomic E-state index is 0.175. The van der Waals surface area contributed by atoms with E-state index in [1.54, 1.807) is 0 Å². The van der Waals surface area contributed by atoms with Crippen LogP contribution in [-0.4, -0.2) is 29.0 Å². The van der Waals surface area contributed by atoms with E-state index in [1.807, 2.05) is 18.7 Å². The van der Waals surface area contributed by atoms with E-state index in [4.69, 9.17) is 5.73 Å². The predicted octanol–water partition coefficient (Wildman–Crippen LogP) is 2.15. The second-order valence-electron chi connectivity index (χ2n) is 5.39. The monoisotopic (exact) mass is 258 g/mol. The summed E-state index contributed by atoms with van der Waals surface area (Å²) in [6.45, 7) is 7.35. The number of thioether (sulfide) groups is 1. The van der Waals surface area contributed by atoms with Crippen molar-refractivity contribution < 1.29 is 4.79 Å². The van der Waals surface area contributed by atoms with E-state index in [1.165, 1.54) is 12.2 Å². The number of hydrogen-bond acceptors (Lipinski definition) is 3. The van der Waals surface area contributed by atoms with E-state index < -0.39 is 5.54 Å². The summed E-state index contributed by atoms with van der Waals surface area (Å²) < 4.78 is 0. The number of hydrogen-bond donors (Lipinski definition) is 2. The van der Waals surface area contributed by atoms with Gasteiger partial charge in [0.15, 0.2) is 0 Å². The van der Waals surface area contributed by atoms with Gasteiger partial charge < -0.3 is 11.1 Å². The maximum atomic E-state index is 11.6. The van der Waals surface area contributed by atoms with Gasteiger partial charge in [0, 0.05) is 5.25 Å². The number of nitrogens with one attached hydrogen (secondary N) is 1. The fraction of sp³-hybridized carbons (Fsp3) is 0.923. The van der Waals surface area contributed by atoms with Gasteiger partial charge in [-0.15, -0.1) is 0 Å². The maximum Gasteiger partial charge on any atom is 0.237 e. The molecule has 17 heavy (non-hydrogen) atoms. The molecule has 3 nitrogen and oxygen atoms in total. The Balaban J connectivity index is 2.41. The number of amides is 1. The van der Waals surface area contributed by atoms with Crippen molar-refractivity contribution in [2.24, 2.45) is 11.7 Å². The van der Waals surface area contributed by atoms with Crippen LogP contribution in [0.4, 0.5) is 0 Å². The highest BCUT2D eigenvalue weighted by Gasteiger charge is 2.43. The Bertz CT molecular complexity index is 258. The van der Waals surface area contributed by atoms with Gasteiger partial charge in [0.05, 0.1) is 5.54 Å². The molecule has 0 aromatic rings. The van der Waals surface area contributed by atoms with Crippen LogP contribution in [0, 0.1) is 5.92 Å². The molecule has 0 radical (unpaired) electrons. The van der Waals surface area contributed by atoms with Crippen molar-refractivity contribution in [3.8, 4) is 0 Å². The van der Waals surface area contributed by atoms with Gasteiger partial charge in [0.2, 0.25) is 5.91 Å². The third kappa shape index (κ3) is 4.18. The van der Waals surface area contributed by atoms with Crippen molar-refractivity contribution in [2.75, 3.05) is 12.3 Å². The van der Waals surface area contributed by atoms with E-state index in [0.717, 1.165) is 31.7 Å².